The number of amides is 1. The molecule has 1 aromatic heterocycles. The van der Waals surface area contributed by atoms with E-state index < -0.39 is 62.4 Å². The predicted octanol–water partition coefficient (Wildman–Crippen LogP) is 7.28. The standard InChI is InChI=1S/C20H9ClF10N2O2S/c21-12-7-11(17(22,18(23,24)25)19(26,27)28)8-14(36-20(29,30)31)15(12)32-16(34)10-4-3-9-2-1-5-33(35)13(9)6-10/h1-8H,(H,32,34). The van der Waals surface area contributed by atoms with Gasteiger partial charge in [-0.05, 0) is 42.1 Å². The van der Waals surface area contributed by atoms with E-state index >= 15 is 0 Å². The maximum Gasteiger partial charge on any atom is 0.446 e. The van der Waals surface area contributed by atoms with Crippen molar-refractivity contribution in [3.05, 3.63) is 70.0 Å². The third-order valence-electron chi connectivity index (χ3n) is 4.72. The first-order chi connectivity index (χ1) is 16.3. The van der Waals surface area contributed by atoms with Crippen molar-refractivity contribution in [2.45, 2.75) is 28.4 Å². The van der Waals surface area contributed by atoms with Crippen LogP contribution in [0, 0.1) is 5.21 Å². The number of nitrogens with zero attached hydrogens (tertiary/aromatic N) is 1. The molecule has 1 N–H and O–H groups in total. The van der Waals surface area contributed by atoms with Gasteiger partial charge in [0.1, 0.15) is 0 Å². The number of benzene rings is 2. The van der Waals surface area contributed by atoms with Crippen molar-refractivity contribution in [3.8, 4) is 0 Å². The van der Waals surface area contributed by atoms with Gasteiger partial charge in [0.05, 0.1) is 10.7 Å². The molecule has 0 saturated heterocycles. The molecule has 0 aliphatic rings. The molecule has 0 saturated carbocycles. The van der Waals surface area contributed by atoms with E-state index in [1.165, 1.54) is 18.2 Å². The highest BCUT2D eigenvalue weighted by molar-refractivity contribution is 8.00. The molecule has 0 aliphatic carbocycles. The molecule has 3 rings (SSSR count). The molecule has 0 radical (unpaired) electrons. The SMILES string of the molecule is O=C(Nc1c(Cl)cc(C(F)(C(F)(F)F)C(F)(F)F)cc1SC(F)(F)F)c1ccc2ccc[n+]([O-])c2c1. The molecule has 0 bridgehead atoms. The number of hydrogen-bond acceptors (Lipinski definition) is 3. The van der Waals surface area contributed by atoms with Crippen LogP contribution in [0.2, 0.25) is 5.02 Å². The van der Waals surface area contributed by atoms with Crippen molar-refractivity contribution < 1.29 is 53.4 Å². The van der Waals surface area contributed by atoms with E-state index in [2.05, 4.69) is 0 Å². The number of pyridine rings is 1. The number of carbonyl (C=O) groups is 1. The van der Waals surface area contributed by atoms with Crippen LogP contribution in [-0.2, 0) is 5.67 Å². The third-order valence-corrected chi connectivity index (χ3v) is 5.80. The molecular formula is C20H9ClF10N2O2S. The normalized spacial score (nSPS) is 13.2. The van der Waals surface area contributed by atoms with Crippen LogP contribution < -0.4 is 10.0 Å². The van der Waals surface area contributed by atoms with Crippen molar-refractivity contribution in [1.29, 1.82) is 0 Å². The van der Waals surface area contributed by atoms with Gasteiger partial charge in [-0.2, -0.15) is 44.2 Å². The summed E-state index contributed by atoms with van der Waals surface area (Å²) in [7, 11) is 0. The molecule has 4 nitrogen and oxygen atoms in total. The monoisotopic (exact) mass is 566 g/mol. The van der Waals surface area contributed by atoms with Crippen molar-refractivity contribution in [2.75, 3.05) is 5.32 Å². The number of nitrogens with one attached hydrogen (secondary N) is 1. The van der Waals surface area contributed by atoms with E-state index in [4.69, 9.17) is 11.6 Å². The fraction of sp³-hybridized carbons (Fsp3) is 0.200. The fourth-order valence-electron chi connectivity index (χ4n) is 3.10. The van der Waals surface area contributed by atoms with Crippen molar-refractivity contribution in [1.82, 2.24) is 0 Å². The maximum absolute atomic E-state index is 14.5. The van der Waals surface area contributed by atoms with E-state index in [-0.39, 0.29) is 23.2 Å². The Kier molecular flexibility index (Phi) is 7.05. The summed E-state index contributed by atoms with van der Waals surface area (Å²) < 4.78 is 133. The lowest BCUT2D eigenvalue weighted by Gasteiger charge is -2.31. The molecule has 16 heteroatoms. The van der Waals surface area contributed by atoms with Gasteiger partial charge in [-0.25, -0.2) is 4.39 Å². The Bertz CT molecular complexity index is 1310. The van der Waals surface area contributed by atoms with Gasteiger partial charge in [0.15, 0.2) is 6.20 Å². The highest BCUT2D eigenvalue weighted by Gasteiger charge is 2.73. The molecule has 36 heavy (non-hydrogen) atoms. The highest BCUT2D eigenvalue weighted by atomic mass is 35.5. The summed E-state index contributed by atoms with van der Waals surface area (Å²) in [5.41, 5.74) is -15.0. The van der Waals surface area contributed by atoms with Crippen molar-refractivity contribution >= 4 is 45.9 Å². The number of thioether (sulfide) groups is 1. The Morgan fingerprint density at radius 1 is 0.917 bits per heavy atom. The van der Waals surface area contributed by atoms with E-state index in [9.17, 15) is 53.9 Å². The average molecular weight is 567 g/mol. The number of rotatable bonds is 4. The van der Waals surface area contributed by atoms with Gasteiger partial charge in [0.2, 0.25) is 5.52 Å². The number of hydrogen-bond donors (Lipinski definition) is 1. The molecule has 0 aliphatic heterocycles. The summed E-state index contributed by atoms with van der Waals surface area (Å²) in [6, 6.07) is 5.87. The second kappa shape index (κ2) is 9.18. The van der Waals surface area contributed by atoms with Crippen LogP contribution in [0.15, 0.2) is 53.6 Å². The molecule has 0 fully saturated rings. The van der Waals surface area contributed by atoms with Gasteiger partial charge in [-0.1, -0.05) is 11.6 Å². The van der Waals surface area contributed by atoms with E-state index in [1.807, 2.05) is 5.32 Å². The van der Waals surface area contributed by atoms with Gasteiger partial charge in [-0.3, -0.25) is 4.79 Å². The second-order valence-corrected chi connectivity index (χ2v) is 8.61. The lowest BCUT2D eigenvalue weighted by Crippen LogP contribution is -2.50. The van der Waals surface area contributed by atoms with Gasteiger partial charge < -0.3 is 10.5 Å². The molecule has 1 heterocycles. The lowest BCUT2D eigenvalue weighted by molar-refractivity contribution is -0.577. The summed E-state index contributed by atoms with van der Waals surface area (Å²) >= 11 is 4.45. The molecule has 3 aromatic rings. The number of aromatic nitrogens is 1. The lowest BCUT2D eigenvalue weighted by atomic mass is 9.94. The van der Waals surface area contributed by atoms with Crippen LogP contribution in [0.25, 0.3) is 10.9 Å². The summed E-state index contributed by atoms with van der Waals surface area (Å²) in [6.07, 6.45) is -12.1. The Balaban J connectivity index is 2.14. The molecule has 0 unspecified atom stereocenters. The van der Waals surface area contributed by atoms with Gasteiger partial charge in [-0.15, -0.1) is 0 Å². The Hall–Kier alpha value is -2.94. The summed E-state index contributed by atoms with van der Waals surface area (Å²) in [5.74, 6) is -1.21. The van der Waals surface area contributed by atoms with E-state index in [1.54, 1.807) is 0 Å². The van der Waals surface area contributed by atoms with Crippen molar-refractivity contribution in [2.24, 2.45) is 0 Å². The summed E-state index contributed by atoms with van der Waals surface area (Å²) in [5, 5.41) is 12.9. The zero-order valence-corrected chi connectivity index (χ0v) is 18.5. The van der Waals surface area contributed by atoms with Crippen LogP contribution >= 0.6 is 23.4 Å². The number of anilines is 1. The van der Waals surface area contributed by atoms with Gasteiger partial charge >= 0.3 is 23.5 Å². The first kappa shape index (κ1) is 27.6. The first-order valence-electron chi connectivity index (χ1n) is 9.20. The largest absolute Gasteiger partial charge is 0.618 e. The molecule has 194 valence electrons. The van der Waals surface area contributed by atoms with Crippen LogP contribution in [0.3, 0.4) is 0 Å². The number of carbonyl (C=O) groups excluding carboxylic acids is 1. The van der Waals surface area contributed by atoms with Crippen LogP contribution in [0.5, 0.6) is 0 Å². The van der Waals surface area contributed by atoms with Crippen LogP contribution in [-0.4, -0.2) is 23.8 Å². The Morgan fingerprint density at radius 2 is 1.53 bits per heavy atom. The zero-order valence-electron chi connectivity index (χ0n) is 16.9. The predicted molar refractivity (Wildman–Crippen MR) is 109 cm³/mol. The second-order valence-electron chi connectivity index (χ2n) is 7.09. The minimum atomic E-state index is -6.61. The van der Waals surface area contributed by atoms with E-state index in [0.29, 0.717) is 10.1 Å². The van der Waals surface area contributed by atoms with Crippen LogP contribution in [0.4, 0.5) is 49.6 Å². The summed E-state index contributed by atoms with van der Waals surface area (Å²) in [4.78, 5) is 11.2. The molecule has 0 atom stereocenters. The first-order valence-corrected chi connectivity index (χ1v) is 10.4. The number of fused-ring (bicyclic) bond motifs is 1. The number of alkyl halides is 10. The maximum atomic E-state index is 14.5. The minimum absolute atomic E-state index is 0.0333. The molecule has 2 aromatic carbocycles. The highest BCUT2D eigenvalue weighted by Crippen LogP contribution is 2.55. The summed E-state index contributed by atoms with van der Waals surface area (Å²) in [6.45, 7) is 0. The molecule has 1 amide bonds. The van der Waals surface area contributed by atoms with E-state index in [0.717, 1.165) is 18.3 Å². The third kappa shape index (κ3) is 5.26. The fourth-order valence-corrected chi connectivity index (χ4v) is 4.12. The zero-order chi connectivity index (χ0) is 27.3. The Morgan fingerprint density at radius 3 is 2.08 bits per heavy atom. The number of halogens is 11. The smallest absolute Gasteiger partial charge is 0.446 e. The van der Waals surface area contributed by atoms with Crippen molar-refractivity contribution in [3.63, 3.8) is 0 Å². The van der Waals surface area contributed by atoms with Gasteiger partial charge in [0, 0.05) is 33.5 Å². The minimum Gasteiger partial charge on any atom is -0.618 e. The molecule has 0 spiro atoms. The topological polar surface area (TPSA) is 56.0 Å². The van der Waals surface area contributed by atoms with Gasteiger partial charge in [0.25, 0.3) is 5.91 Å². The Labute approximate surface area is 203 Å². The quantitative estimate of drug-likeness (QED) is 0.156. The molecular weight excluding hydrogens is 558 g/mol. The average Bonchev–Trinajstić information content (AvgIpc) is 2.72. The van der Waals surface area contributed by atoms with Crippen LogP contribution in [0.1, 0.15) is 15.9 Å².